The summed E-state index contributed by atoms with van der Waals surface area (Å²) in [5.41, 5.74) is 2.67. The third kappa shape index (κ3) is 5.89. The first-order chi connectivity index (χ1) is 13.8. The van der Waals surface area contributed by atoms with E-state index in [9.17, 15) is 9.59 Å². The molecule has 1 aromatic heterocycles. The summed E-state index contributed by atoms with van der Waals surface area (Å²) >= 11 is 0. The Morgan fingerprint density at radius 2 is 1.59 bits per heavy atom. The molecule has 2 amide bonds. The van der Waals surface area contributed by atoms with Crippen molar-refractivity contribution < 1.29 is 9.59 Å². The highest BCUT2D eigenvalue weighted by Gasteiger charge is 2.18. The van der Waals surface area contributed by atoms with Gasteiger partial charge in [0.1, 0.15) is 5.69 Å². The van der Waals surface area contributed by atoms with Gasteiger partial charge in [0, 0.05) is 23.5 Å². The lowest BCUT2D eigenvalue weighted by atomic mass is 9.87. The van der Waals surface area contributed by atoms with Crippen molar-refractivity contribution in [3.05, 3.63) is 59.4 Å². The van der Waals surface area contributed by atoms with Crippen molar-refractivity contribution in [2.75, 3.05) is 5.32 Å². The summed E-state index contributed by atoms with van der Waals surface area (Å²) in [4.78, 5) is 29.4. The van der Waals surface area contributed by atoms with E-state index in [0.29, 0.717) is 11.3 Å². The smallest absolute Gasteiger partial charge is 0.274 e. The quantitative estimate of drug-likeness (QED) is 0.711. The van der Waals surface area contributed by atoms with E-state index in [1.807, 2.05) is 24.3 Å². The number of nitrogens with zero attached hydrogens (tertiary/aromatic N) is 1. The molecule has 29 heavy (non-hydrogen) atoms. The van der Waals surface area contributed by atoms with Crippen LogP contribution in [0.25, 0.3) is 0 Å². The molecule has 0 aliphatic heterocycles. The lowest BCUT2D eigenvalue weighted by molar-refractivity contribution is 0.0933. The number of rotatable bonds is 4. The van der Waals surface area contributed by atoms with Gasteiger partial charge in [-0.05, 0) is 48.1 Å². The lowest BCUT2D eigenvalue weighted by Gasteiger charge is -2.19. The molecule has 0 saturated heterocycles. The van der Waals surface area contributed by atoms with Gasteiger partial charge in [-0.25, -0.2) is 0 Å². The van der Waals surface area contributed by atoms with Crippen molar-refractivity contribution in [2.45, 2.75) is 70.8 Å². The molecule has 1 fully saturated rings. The third-order valence-electron chi connectivity index (χ3n) is 5.45. The topological polar surface area (TPSA) is 71.1 Å². The fourth-order valence-electron chi connectivity index (χ4n) is 3.64. The number of anilines is 1. The summed E-state index contributed by atoms with van der Waals surface area (Å²) < 4.78 is 0. The molecule has 1 heterocycles. The van der Waals surface area contributed by atoms with E-state index in [2.05, 4.69) is 36.4 Å². The normalized spacial score (nSPS) is 15.4. The minimum atomic E-state index is -0.322. The molecule has 0 spiro atoms. The Morgan fingerprint density at radius 1 is 0.931 bits per heavy atom. The number of benzene rings is 1. The summed E-state index contributed by atoms with van der Waals surface area (Å²) in [5.74, 6) is -0.458. The van der Waals surface area contributed by atoms with E-state index in [1.54, 1.807) is 12.1 Å². The number of aromatic nitrogens is 1. The van der Waals surface area contributed by atoms with Crippen molar-refractivity contribution >= 4 is 17.5 Å². The Bertz CT molecular complexity index is 845. The molecule has 0 unspecified atom stereocenters. The molecular formula is C24H31N3O2. The van der Waals surface area contributed by atoms with Crippen LogP contribution in [0.3, 0.4) is 0 Å². The van der Waals surface area contributed by atoms with Crippen LogP contribution in [0.1, 0.15) is 85.7 Å². The van der Waals surface area contributed by atoms with Gasteiger partial charge in [0.25, 0.3) is 11.8 Å². The highest BCUT2D eigenvalue weighted by atomic mass is 16.2. The lowest BCUT2D eigenvalue weighted by Crippen LogP contribution is -2.34. The number of hydrogen-bond donors (Lipinski definition) is 2. The van der Waals surface area contributed by atoms with Gasteiger partial charge in [0.15, 0.2) is 0 Å². The Labute approximate surface area is 173 Å². The van der Waals surface area contributed by atoms with E-state index >= 15 is 0 Å². The molecule has 154 valence electrons. The monoisotopic (exact) mass is 393 g/mol. The van der Waals surface area contributed by atoms with E-state index < -0.39 is 0 Å². The van der Waals surface area contributed by atoms with Gasteiger partial charge in [0.2, 0.25) is 0 Å². The first-order valence-corrected chi connectivity index (χ1v) is 10.5. The van der Waals surface area contributed by atoms with Crippen molar-refractivity contribution in [3.8, 4) is 0 Å². The van der Waals surface area contributed by atoms with Crippen molar-refractivity contribution in [1.82, 2.24) is 10.3 Å². The van der Waals surface area contributed by atoms with E-state index in [4.69, 9.17) is 0 Å². The summed E-state index contributed by atoms with van der Waals surface area (Å²) in [6, 6.07) is 11.2. The van der Waals surface area contributed by atoms with Gasteiger partial charge in [-0.1, -0.05) is 58.6 Å². The van der Waals surface area contributed by atoms with Crippen molar-refractivity contribution in [1.29, 1.82) is 0 Å². The zero-order valence-electron chi connectivity index (χ0n) is 17.6. The van der Waals surface area contributed by atoms with Crippen LogP contribution in [0.15, 0.2) is 42.6 Å². The van der Waals surface area contributed by atoms with Gasteiger partial charge in [-0.15, -0.1) is 0 Å². The maximum atomic E-state index is 12.6. The van der Waals surface area contributed by atoms with Crippen LogP contribution in [0.5, 0.6) is 0 Å². The highest BCUT2D eigenvalue weighted by molar-refractivity contribution is 6.04. The zero-order chi connectivity index (χ0) is 20.9. The van der Waals surface area contributed by atoms with Crippen LogP contribution in [0.2, 0.25) is 0 Å². The van der Waals surface area contributed by atoms with Crippen LogP contribution in [-0.4, -0.2) is 22.8 Å². The molecule has 1 aromatic carbocycles. The summed E-state index contributed by atoms with van der Waals surface area (Å²) in [6.45, 7) is 6.45. The molecule has 1 aliphatic carbocycles. The van der Waals surface area contributed by atoms with Gasteiger partial charge in [-0.2, -0.15) is 0 Å². The first-order valence-electron chi connectivity index (χ1n) is 10.5. The Balaban J connectivity index is 1.65. The van der Waals surface area contributed by atoms with E-state index in [0.717, 1.165) is 25.7 Å². The number of nitrogens with one attached hydrogen (secondary N) is 2. The fraction of sp³-hybridized carbons (Fsp3) is 0.458. The molecule has 1 saturated carbocycles. The van der Waals surface area contributed by atoms with Gasteiger partial charge in [0.05, 0.1) is 0 Å². The van der Waals surface area contributed by atoms with Gasteiger partial charge >= 0.3 is 0 Å². The number of carbonyl (C=O) groups is 2. The molecule has 2 N–H and O–H groups in total. The minimum absolute atomic E-state index is 0.0587. The molecule has 0 radical (unpaired) electrons. The van der Waals surface area contributed by atoms with Gasteiger partial charge in [-0.3, -0.25) is 14.6 Å². The second kappa shape index (κ2) is 9.21. The van der Waals surface area contributed by atoms with Crippen molar-refractivity contribution in [3.63, 3.8) is 0 Å². The van der Waals surface area contributed by atoms with E-state index in [-0.39, 0.29) is 29.0 Å². The Kier molecular flexibility index (Phi) is 6.68. The Morgan fingerprint density at radius 3 is 2.21 bits per heavy atom. The minimum Gasteiger partial charge on any atom is -0.349 e. The molecule has 5 nitrogen and oxygen atoms in total. The van der Waals surface area contributed by atoms with Crippen molar-refractivity contribution in [2.24, 2.45) is 0 Å². The highest BCUT2D eigenvalue weighted by Crippen LogP contribution is 2.23. The van der Waals surface area contributed by atoms with Gasteiger partial charge < -0.3 is 10.6 Å². The number of carbonyl (C=O) groups excluding carboxylic acids is 2. The average Bonchev–Trinajstić information content (AvgIpc) is 2.96. The average molecular weight is 394 g/mol. The Hall–Kier alpha value is -2.69. The second-order valence-electron chi connectivity index (χ2n) is 8.87. The SMILES string of the molecule is CC(C)(C)c1ccc(NC(=O)c2cc(C(=O)NC3CCCCCC3)ccn2)cc1. The second-order valence-corrected chi connectivity index (χ2v) is 8.87. The summed E-state index contributed by atoms with van der Waals surface area (Å²) in [5, 5.41) is 5.97. The molecule has 0 atom stereocenters. The predicted molar refractivity (Wildman–Crippen MR) is 116 cm³/mol. The number of pyridine rings is 1. The summed E-state index contributed by atoms with van der Waals surface area (Å²) in [6.07, 6.45) is 8.35. The predicted octanol–water partition coefficient (Wildman–Crippen LogP) is 5.08. The van der Waals surface area contributed by atoms with E-state index in [1.165, 1.54) is 24.6 Å². The number of amides is 2. The van der Waals surface area contributed by atoms with Crippen LogP contribution < -0.4 is 10.6 Å². The van der Waals surface area contributed by atoms with Crippen LogP contribution in [0, 0.1) is 0 Å². The summed E-state index contributed by atoms with van der Waals surface area (Å²) in [7, 11) is 0. The van der Waals surface area contributed by atoms with Crippen LogP contribution in [-0.2, 0) is 5.41 Å². The standard InChI is InChI=1S/C24H31N3O2/c1-24(2,3)18-10-12-20(13-11-18)27-23(29)21-16-17(14-15-25-21)22(28)26-19-8-6-4-5-7-9-19/h10-16,19H,4-9H2,1-3H3,(H,26,28)(H,27,29). The zero-order valence-corrected chi connectivity index (χ0v) is 17.6. The first kappa shape index (κ1) is 21.0. The molecular weight excluding hydrogens is 362 g/mol. The fourth-order valence-corrected chi connectivity index (χ4v) is 3.64. The van der Waals surface area contributed by atoms with Crippen LogP contribution in [0.4, 0.5) is 5.69 Å². The number of hydrogen-bond acceptors (Lipinski definition) is 3. The van der Waals surface area contributed by atoms with Crippen LogP contribution >= 0.6 is 0 Å². The largest absolute Gasteiger partial charge is 0.349 e. The third-order valence-corrected chi connectivity index (χ3v) is 5.45. The molecule has 5 heteroatoms. The molecule has 3 rings (SSSR count). The maximum absolute atomic E-state index is 12.6. The molecule has 1 aliphatic rings. The maximum Gasteiger partial charge on any atom is 0.274 e. The molecule has 0 bridgehead atoms. The molecule has 2 aromatic rings.